The molecule has 0 heterocycles. The van der Waals surface area contributed by atoms with E-state index in [0.717, 1.165) is 12.5 Å². The van der Waals surface area contributed by atoms with Gasteiger partial charge in [0.15, 0.2) is 16.6 Å². The van der Waals surface area contributed by atoms with Gasteiger partial charge in [0.25, 0.3) is 0 Å². The number of hydrogen-bond donors (Lipinski definition) is 1. The highest BCUT2D eigenvalue weighted by atomic mass is 28.4. The monoisotopic (exact) mass is 292 g/mol. The van der Waals surface area contributed by atoms with E-state index in [-0.39, 0.29) is 14.7 Å². The molecule has 0 aromatic heterocycles. The molecular weight excluding hydrogens is 260 g/mol. The quantitative estimate of drug-likeness (QED) is 0.550. The van der Waals surface area contributed by atoms with Crippen LogP contribution >= 0.6 is 0 Å². The van der Waals surface area contributed by atoms with E-state index < -0.39 is 16.6 Å². The molecule has 1 N–H and O–H groups in total. The molecule has 0 aromatic rings. The van der Waals surface area contributed by atoms with Crippen molar-refractivity contribution >= 4 is 26.2 Å². The SMILES string of the molecule is CCC(C)(O[Si](C)(C)C)[SiH2]CCC[Si](C)(C)O. The number of rotatable bonds is 8. The predicted octanol–water partition coefficient (Wildman–Crippen LogP) is 3.14. The van der Waals surface area contributed by atoms with Crippen molar-refractivity contribution in [1.29, 1.82) is 0 Å². The highest BCUT2D eigenvalue weighted by Gasteiger charge is 2.29. The van der Waals surface area contributed by atoms with E-state index in [1.165, 1.54) is 12.5 Å². The van der Waals surface area contributed by atoms with Crippen LogP contribution in [0.25, 0.3) is 0 Å². The molecule has 1 atom stereocenters. The Morgan fingerprint density at radius 2 is 1.71 bits per heavy atom. The van der Waals surface area contributed by atoms with Gasteiger partial charge in [-0.15, -0.1) is 0 Å². The van der Waals surface area contributed by atoms with Crippen molar-refractivity contribution in [2.75, 3.05) is 0 Å². The third-order valence-corrected chi connectivity index (χ3v) is 8.57. The lowest BCUT2D eigenvalue weighted by atomic mass is 10.3. The fourth-order valence-corrected chi connectivity index (χ4v) is 8.64. The molecule has 0 spiro atoms. The Morgan fingerprint density at radius 1 is 1.18 bits per heavy atom. The first-order valence-electron chi connectivity index (χ1n) is 6.90. The second-order valence-corrected chi connectivity index (χ2v) is 18.3. The fourth-order valence-electron chi connectivity index (χ4n) is 2.10. The van der Waals surface area contributed by atoms with Crippen molar-refractivity contribution in [2.45, 2.75) is 76.7 Å². The van der Waals surface area contributed by atoms with Crippen LogP contribution in [0, 0.1) is 0 Å². The highest BCUT2D eigenvalue weighted by molar-refractivity contribution is 6.70. The van der Waals surface area contributed by atoms with Crippen molar-refractivity contribution in [2.24, 2.45) is 0 Å². The normalized spacial score (nSPS) is 17.6. The van der Waals surface area contributed by atoms with E-state index >= 15 is 0 Å². The Kier molecular flexibility index (Phi) is 6.88. The van der Waals surface area contributed by atoms with Crippen LogP contribution in [0.1, 0.15) is 26.7 Å². The summed E-state index contributed by atoms with van der Waals surface area (Å²) < 4.78 is 6.36. The van der Waals surface area contributed by atoms with Crippen LogP contribution in [0.5, 0.6) is 0 Å². The maximum Gasteiger partial charge on any atom is 0.184 e. The molecule has 104 valence electrons. The molecule has 0 aromatic carbocycles. The Bertz CT molecular complexity index is 221. The molecule has 0 saturated heterocycles. The average Bonchev–Trinajstić information content (AvgIpc) is 2.08. The molecule has 1 unspecified atom stereocenters. The third-order valence-electron chi connectivity index (χ3n) is 3.04. The topological polar surface area (TPSA) is 29.5 Å². The Morgan fingerprint density at radius 3 is 2.06 bits per heavy atom. The van der Waals surface area contributed by atoms with Gasteiger partial charge >= 0.3 is 0 Å². The van der Waals surface area contributed by atoms with E-state index in [1.807, 2.05) is 13.1 Å². The Labute approximate surface area is 112 Å². The fraction of sp³-hybridized carbons (Fsp3) is 1.00. The lowest BCUT2D eigenvalue weighted by Crippen LogP contribution is -2.44. The van der Waals surface area contributed by atoms with E-state index in [2.05, 4.69) is 33.5 Å². The van der Waals surface area contributed by atoms with E-state index in [1.54, 1.807) is 0 Å². The number of hydrogen-bond acceptors (Lipinski definition) is 2. The molecular formula is C12H32O2Si3. The maximum atomic E-state index is 9.82. The summed E-state index contributed by atoms with van der Waals surface area (Å²) in [6.45, 7) is 15.5. The van der Waals surface area contributed by atoms with Gasteiger partial charge in [0.05, 0.1) is 9.52 Å². The van der Waals surface area contributed by atoms with E-state index in [9.17, 15) is 4.80 Å². The van der Waals surface area contributed by atoms with Gasteiger partial charge in [0.1, 0.15) is 0 Å². The Hall–Kier alpha value is 0.571. The molecule has 0 aliphatic carbocycles. The predicted molar refractivity (Wildman–Crippen MR) is 85.6 cm³/mol. The second kappa shape index (κ2) is 6.65. The molecule has 0 radical (unpaired) electrons. The van der Waals surface area contributed by atoms with Crippen LogP contribution in [0.3, 0.4) is 0 Å². The summed E-state index contributed by atoms with van der Waals surface area (Å²) in [5, 5.41) is 0.186. The molecule has 0 aliphatic rings. The van der Waals surface area contributed by atoms with Gasteiger partial charge in [0.2, 0.25) is 0 Å². The van der Waals surface area contributed by atoms with Crippen LogP contribution in [0.2, 0.25) is 44.8 Å². The summed E-state index contributed by atoms with van der Waals surface area (Å²) in [6, 6.07) is 2.36. The van der Waals surface area contributed by atoms with Crippen LogP contribution in [-0.4, -0.2) is 36.2 Å². The Balaban J connectivity index is 4.05. The third kappa shape index (κ3) is 10.2. The van der Waals surface area contributed by atoms with Crippen molar-refractivity contribution in [3.05, 3.63) is 0 Å². The zero-order valence-corrected chi connectivity index (χ0v) is 16.3. The molecule has 0 rings (SSSR count). The van der Waals surface area contributed by atoms with Crippen molar-refractivity contribution in [3.63, 3.8) is 0 Å². The molecule has 0 bridgehead atoms. The van der Waals surface area contributed by atoms with Gasteiger partial charge < -0.3 is 9.22 Å². The van der Waals surface area contributed by atoms with Crippen molar-refractivity contribution in [1.82, 2.24) is 0 Å². The van der Waals surface area contributed by atoms with Gasteiger partial charge in [-0.1, -0.05) is 19.4 Å². The minimum atomic E-state index is -1.82. The summed E-state index contributed by atoms with van der Waals surface area (Å²) >= 11 is 0. The first-order chi connectivity index (χ1) is 7.47. The lowest BCUT2D eigenvalue weighted by molar-refractivity contribution is 0.160. The van der Waals surface area contributed by atoms with E-state index in [0.29, 0.717) is 0 Å². The van der Waals surface area contributed by atoms with Crippen LogP contribution in [0.4, 0.5) is 0 Å². The average molecular weight is 293 g/mol. The summed E-state index contributed by atoms with van der Waals surface area (Å²) in [7, 11) is -3.43. The lowest BCUT2D eigenvalue weighted by Gasteiger charge is -2.35. The smallest absolute Gasteiger partial charge is 0.184 e. The largest absolute Gasteiger partial charge is 0.432 e. The summed E-state index contributed by atoms with van der Waals surface area (Å²) in [6.07, 6.45) is 2.34. The molecule has 0 aliphatic heterocycles. The van der Waals surface area contributed by atoms with Gasteiger partial charge in [-0.3, -0.25) is 0 Å². The minimum Gasteiger partial charge on any atom is -0.432 e. The first kappa shape index (κ1) is 17.6. The van der Waals surface area contributed by atoms with E-state index in [4.69, 9.17) is 4.43 Å². The minimum absolute atomic E-state index is 0.186. The van der Waals surface area contributed by atoms with Crippen molar-refractivity contribution in [3.8, 4) is 0 Å². The molecule has 5 heteroatoms. The molecule has 2 nitrogen and oxygen atoms in total. The summed E-state index contributed by atoms with van der Waals surface area (Å²) in [5.41, 5.74) is 0. The van der Waals surface area contributed by atoms with Crippen LogP contribution < -0.4 is 0 Å². The molecule has 17 heavy (non-hydrogen) atoms. The van der Waals surface area contributed by atoms with Crippen molar-refractivity contribution < 1.29 is 9.22 Å². The zero-order chi connectivity index (χ0) is 13.7. The molecule has 0 fully saturated rings. The first-order valence-corrected chi connectivity index (χ1v) is 15.2. The standard InChI is InChI=1S/C12H32O2Si3/c1-8-12(2,14-16(3,4)5)15-10-9-11-17(6,7)13/h13H,8-11,15H2,1-7H3. The van der Waals surface area contributed by atoms with Gasteiger partial charge in [0, 0.05) is 5.22 Å². The highest BCUT2D eigenvalue weighted by Crippen LogP contribution is 2.22. The summed E-state index contributed by atoms with van der Waals surface area (Å²) in [5.74, 6) is 0. The second-order valence-electron chi connectivity index (χ2n) is 7.04. The molecule has 0 saturated carbocycles. The van der Waals surface area contributed by atoms with Gasteiger partial charge in [-0.25, -0.2) is 0 Å². The van der Waals surface area contributed by atoms with Crippen LogP contribution in [-0.2, 0) is 4.43 Å². The molecule has 0 amide bonds. The maximum absolute atomic E-state index is 9.82. The summed E-state index contributed by atoms with van der Waals surface area (Å²) in [4.78, 5) is 9.82. The van der Waals surface area contributed by atoms with Crippen LogP contribution in [0.15, 0.2) is 0 Å². The van der Waals surface area contributed by atoms with Gasteiger partial charge in [-0.05, 0) is 52.1 Å². The van der Waals surface area contributed by atoms with Gasteiger partial charge in [-0.2, -0.15) is 0 Å². The zero-order valence-electron chi connectivity index (χ0n) is 12.9.